The number of amides is 1. The number of carbonyl (C=O) groups excluding carboxylic acids is 1. The summed E-state index contributed by atoms with van der Waals surface area (Å²) in [7, 11) is 0. The van der Waals surface area contributed by atoms with Gasteiger partial charge in [-0.1, -0.05) is 24.4 Å². The van der Waals surface area contributed by atoms with E-state index in [4.69, 9.17) is 0 Å². The minimum atomic E-state index is -1.14. The summed E-state index contributed by atoms with van der Waals surface area (Å²) >= 11 is 0. The van der Waals surface area contributed by atoms with Gasteiger partial charge in [0.1, 0.15) is 11.8 Å². The van der Waals surface area contributed by atoms with E-state index in [0.29, 0.717) is 12.8 Å². The third kappa shape index (κ3) is 2.30. The highest BCUT2D eigenvalue weighted by Gasteiger charge is 2.41. The average molecular weight is 238 g/mol. The van der Waals surface area contributed by atoms with Crippen LogP contribution in [0.15, 0.2) is 16.9 Å². The van der Waals surface area contributed by atoms with Crippen molar-refractivity contribution in [3.8, 4) is 0 Å². The molecule has 0 atom stereocenters. The van der Waals surface area contributed by atoms with Crippen LogP contribution in [0.5, 0.6) is 0 Å². The second kappa shape index (κ2) is 4.57. The second-order valence-corrected chi connectivity index (χ2v) is 4.29. The Bertz CT molecular complexity index is 407. The van der Waals surface area contributed by atoms with Gasteiger partial charge in [0.2, 0.25) is 0 Å². The van der Waals surface area contributed by atoms with Crippen molar-refractivity contribution in [2.75, 3.05) is 0 Å². The number of hydrogen-bond donors (Lipinski definition) is 2. The fourth-order valence-corrected chi connectivity index (χ4v) is 2.16. The molecule has 92 valence electrons. The molecule has 1 aliphatic carbocycles. The van der Waals surface area contributed by atoms with Crippen molar-refractivity contribution in [1.82, 2.24) is 10.5 Å². The highest BCUT2D eigenvalue weighted by Crippen LogP contribution is 2.28. The van der Waals surface area contributed by atoms with Crippen LogP contribution in [-0.4, -0.2) is 27.7 Å². The van der Waals surface area contributed by atoms with E-state index in [2.05, 4.69) is 15.0 Å². The molecule has 6 nitrogen and oxygen atoms in total. The van der Waals surface area contributed by atoms with E-state index in [0.717, 1.165) is 19.3 Å². The zero-order chi connectivity index (χ0) is 12.3. The lowest BCUT2D eigenvalue weighted by atomic mass is 9.81. The SMILES string of the molecule is O=C(NC1(C(=O)O)CCCCC1)c1ccon1. The minimum absolute atomic E-state index is 0.108. The maximum absolute atomic E-state index is 11.8. The number of hydrogen-bond acceptors (Lipinski definition) is 4. The number of aromatic nitrogens is 1. The number of nitrogens with one attached hydrogen (secondary N) is 1. The molecule has 1 saturated carbocycles. The molecule has 0 bridgehead atoms. The Morgan fingerprint density at radius 3 is 2.59 bits per heavy atom. The van der Waals surface area contributed by atoms with Gasteiger partial charge in [-0.3, -0.25) is 4.79 Å². The first-order valence-electron chi connectivity index (χ1n) is 5.60. The Kier molecular flexibility index (Phi) is 3.12. The third-order valence-electron chi connectivity index (χ3n) is 3.14. The maximum atomic E-state index is 11.8. The van der Waals surface area contributed by atoms with Gasteiger partial charge in [-0.25, -0.2) is 4.79 Å². The first-order chi connectivity index (χ1) is 8.14. The van der Waals surface area contributed by atoms with Gasteiger partial charge in [-0.2, -0.15) is 0 Å². The number of nitrogens with zero attached hydrogens (tertiary/aromatic N) is 1. The average Bonchev–Trinajstić information content (AvgIpc) is 2.83. The Balaban J connectivity index is 2.13. The van der Waals surface area contributed by atoms with Crippen molar-refractivity contribution in [3.05, 3.63) is 18.0 Å². The van der Waals surface area contributed by atoms with Crippen molar-refractivity contribution in [3.63, 3.8) is 0 Å². The van der Waals surface area contributed by atoms with E-state index in [9.17, 15) is 14.7 Å². The summed E-state index contributed by atoms with van der Waals surface area (Å²) in [6.45, 7) is 0. The quantitative estimate of drug-likeness (QED) is 0.825. The minimum Gasteiger partial charge on any atom is -0.480 e. The van der Waals surface area contributed by atoms with Gasteiger partial charge in [-0.05, 0) is 12.8 Å². The van der Waals surface area contributed by atoms with Gasteiger partial charge in [0, 0.05) is 6.07 Å². The molecule has 0 saturated heterocycles. The van der Waals surface area contributed by atoms with Crippen molar-refractivity contribution in [2.24, 2.45) is 0 Å². The van der Waals surface area contributed by atoms with Crippen LogP contribution >= 0.6 is 0 Å². The molecule has 2 N–H and O–H groups in total. The first kappa shape index (κ1) is 11.6. The summed E-state index contributed by atoms with van der Waals surface area (Å²) in [5.41, 5.74) is -1.04. The number of carboxylic acid groups (broad SMARTS) is 1. The van der Waals surface area contributed by atoms with Gasteiger partial charge in [0.25, 0.3) is 5.91 Å². The number of carboxylic acids is 1. The van der Waals surface area contributed by atoms with Crippen LogP contribution in [0.4, 0.5) is 0 Å². The maximum Gasteiger partial charge on any atom is 0.329 e. The van der Waals surface area contributed by atoms with Crippen LogP contribution in [0.25, 0.3) is 0 Å². The predicted molar refractivity (Wildman–Crippen MR) is 57.4 cm³/mol. The van der Waals surface area contributed by atoms with Crippen LogP contribution < -0.4 is 5.32 Å². The Hall–Kier alpha value is -1.85. The molecular formula is C11H14N2O4. The summed E-state index contributed by atoms with van der Waals surface area (Å²) in [4.78, 5) is 23.1. The van der Waals surface area contributed by atoms with Crippen LogP contribution in [0.3, 0.4) is 0 Å². The summed E-state index contributed by atoms with van der Waals surface area (Å²) in [6.07, 6.45) is 4.84. The van der Waals surface area contributed by atoms with E-state index in [1.807, 2.05) is 0 Å². The molecule has 1 amide bonds. The molecular weight excluding hydrogens is 224 g/mol. The zero-order valence-corrected chi connectivity index (χ0v) is 9.31. The second-order valence-electron chi connectivity index (χ2n) is 4.29. The van der Waals surface area contributed by atoms with Gasteiger partial charge >= 0.3 is 5.97 Å². The normalized spacial score (nSPS) is 18.6. The third-order valence-corrected chi connectivity index (χ3v) is 3.14. The highest BCUT2D eigenvalue weighted by molar-refractivity contribution is 5.96. The van der Waals surface area contributed by atoms with Gasteiger partial charge in [0.15, 0.2) is 5.69 Å². The van der Waals surface area contributed by atoms with Crippen LogP contribution in [-0.2, 0) is 4.79 Å². The van der Waals surface area contributed by atoms with Crippen molar-refractivity contribution < 1.29 is 19.2 Å². The Morgan fingerprint density at radius 2 is 2.06 bits per heavy atom. The number of carbonyl (C=O) groups is 2. The van der Waals surface area contributed by atoms with E-state index in [1.54, 1.807) is 0 Å². The molecule has 0 unspecified atom stereocenters. The fourth-order valence-electron chi connectivity index (χ4n) is 2.16. The fraction of sp³-hybridized carbons (Fsp3) is 0.545. The van der Waals surface area contributed by atoms with Crippen molar-refractivity contribution >= 4 is 11.9 Å². The first-order valence-corrected chi connectivity index (χ1v) is 5.60. The van der Waals surface area contributed by atoms with E-state index in [-0.39, 0.29) is 5.69 Å². The molecule has 2 rings (SSSR count). The molecule has 1 fully saturated rings. The van der Waals surface area contributed by atoms with Crippen molar-refractivity contribution in [2.45, 2.75) is 37.6 Å². The summed E-state index contributed by atoms with van der Waals surface area (Å²) in [6, 6.07) is 1.41. The molecule has 1 aliphatic rings. The molecule has 1 heterocycles. The Labute approximate surface area is 98.0 Å². The van der Waals surface area contributed by atoms with Gasteiger partial charge in [0.05, 0.1) is 0 Å². The van der Waals surface area contributed by atoms with Gasteiger partial charge < -0.3 is 14.9 Å². The molecule has 0 aliphatic heterocycles. The summed E-state index contributed by atoms with van der Waals surface area (Å²) < 4.78 is 4.56. The molecule has 1 aromatic heterocycles. The monoisotopic (exact) mass is 238 g/mol. The van der Waals surface area contributed by atoms with Gasteiger partial charge in [-0.15, -0.1) is 0 Å². The molecule has 0 aromatic carbocycles. The summed E-state index contributed by atoms with van der Waals surface area (Å²) in [5, 5.41) is 15.3. The topological polar surface area (TPSA) is 92.4 Å². The standard InChI is InChI=1S/C11H14N2O4/c14-9(8-4-7-17-13-8)12-11(10(15)16)5-2-1-3-6-11/h4,7H,1-3,5-6H2,(H,12,14)(H,15,16). The van der Waals surface area contributed by atoms with E-state index in [1.165, 1.54) is 12.3 Å². The van der Waals surface area contributed by atoms with Crippen LogP contribution in [0.1, 0.15) is 42.6 Å². The number of aliphatic carboxylic acids is 1. The molecule has 1 aromatic rings. The predicted octanol–water partition coefficient (Wildman–Crippen LogP) is 1.19. The Morgan fingerprint density at radius 1 is 1.35 bits per heavy atom. The smallest absolute Gasteiger partial charge is 0.329 e. The van der Waals surface area contributed by atoms with E-state index >= 15 is 0 Å². The van der Waals surface area contributed by atoms with Crippen LogP contribution in [0.2, 0.25) is 0 Å². The van der Waals surface area contributed by atoms with E-state index < -0.39 is 17.4 Å². The zero-order valence-electron chi connectivity index (χ0n) is 9.31. The lowest BCUT2D eigenvalue weighted by Crippen LogP contribution is -2.55. The van der Waals surface area contributed by atoms with Crippen LogP contribution in [0, 0.1) is 0 Å². The molecule has 0 radical (unpaired) electrons. The summed E-state index contributed by atoms with van der Waals surface area (Å²) in [5.74, 6) is -1.47. The lowest BCUT2D eigenvalue weighted by molar-refractivity contribution is -0.145. The largest absolute Gasteiger partial charge is 0.480 e. The van der Waals surface area contributed by atoms with Crippen molar-refractivity contribution in [1.29, 1.82) is 0 Å². The molecule has 17 heavy (non-hydrogen) atoms. The molecule has 0 spiro atoms. The lowest BCUT2D eigenvalue weighted by Gasteiger charge is -2.33. The highest BCUT2D eigenvalue weighted by atomic mass is 16.5. The number of rotatable bonds is 3. The molecule has 6 heteroatoms.